The van der Waals surface area contributed by atoms with Crippen LogP contribution < -0.4 is 10.6 Å². The molecule has 3 N–H and O–H groups in total. The van der Waals surface area contributed by atoms with Crippen LogP contribution in [0.2, 0.25) is 0 Å². The number of amides is 4. The topological polar surface area (TPSA) is 179 Å². The minimum atomic E-state index is -1.35. The van der Waals surface area contributed by atoms with E-state index < -0.39 is 54.0 Å². The van der Waals surface area contributed by atoms with Gasteiger partial charge in [-0.2, -0.15) is 0 Å². The number of carboxylic acid groups (broad SMARTS) is 1. The molecule has 0 aromatic carbocycles. The molecule has 4 amide bonds. The van der Waals surface area contributed by atoms with Crippen molar-refractivity contribution in [3.8, 4) is 0 Å². The van der Waals surface area contributed by atoms with Gasteiger partial charge in [0.05, 0.1) is 18.2 Å². The fourth-order valence-corrected chi connectivity index (χ4v) is 4.68. The van der Waals surface area contributed by atoms with Crippen molar-refractivity contribution in [3.05, 3.63) is 18.5 Å². The van der Waals surface area contributed by atoms with Gasteiger partial charge in [-0.25, -0.2) is 15.0 Å². The van der Waals surface area contributed by atoms with E-state index in [1.54, 1.807) is 6.07 Å². The van der Waals surface area contributed by atoms with Crippen molar-refractivity contribution in [2.75, 3.05) is 12.3 Å². The zero-order valence-corrected chi connectivity index (χ0v) is 19.8. The van der Waals surface area contributed by atoms with Gasteiger partial charge in [0, 0.05) is 32.3 Å². The highest BCUT2D eigenvalue weighted by Crippen LogP contribution is 2.25. The number of aliphatic carboxylic acids is 1. The van der Waals surface area contributed by atoms with E-state index in [2.05, 4.69) is 20.6 Å². The van der Waals surface area contributed by atoms with Crippen LogP contribution in [0.3, 0.4) is 0 Å². The average molecular weight is 507 g/mol. The first-order chi connectivity index (χ1) is 16.7. The molecule has 13 nitrogen and oxygen atoms in total. The molecule has 0 unspecified atom stereocenters. The molecule has 2 fully saturated rings. The van der Waals surface area contributed by atoms with Crippen LogP contribution in [0.5, 0.6) is 0 Å². The molecule has 2 aliphatic heterocycles. The summed E-state index contributed by atoms with van der Waals surface area (Å²) in [6.45, 7) is 1.48. The first kappa shape index (κ1) is 26.1. The summed E-state index contributed by atoms with van der Waals surface area (Å²) in [6, 6.07) is -1.86. The number of fused-ring (bicyclic) bond motifs is 1. The fraction of sp³-hybridized carbons (Fsp3) is 0.524. The van der Waals surface area contributed by atoms with Crippen molar-refractivity contribution < 1.29 is 33.9 Å². The predicted molar refractivity (Wildman–Crippen MR) is 120 cm³/mol. The number of hydrogen-bond acceptors (Lipinski definition) is 9. The Labute approximate surface area is 205 Å². The van der Waals surface area contributed by atoms with Crippen molar-refractivity contribution in [2.24, 2.45) is 0 Å². The third kappa shape index (κ3) is 6.74. The molecule has 3 atom stereocenters. The number of thioether (sulfide) groups is 1. The smallest absolute Gasteiger partial charge is 0.305 e. The molecule has 0 spiro atoms. The number of hydrazine groups is 1. The number of nitrogens with one attached hydrogen (secondary N) is 2. The molecule has 0 saturated carbocycles. The fourth-order valence-electron chi connectivity index (χ4n) is 3.94. The lowest BCUT2D eigenvalue weighted by molar-refractivity contribution is -0.176. The van der Waals surface area contributed by atoms with Gasteiger partial charge < -0.3 is 15.7 Å². The maximum absolute atomic E-state index is 13.2. The molecule has 35 heavy (non-hydrogen) atoms. The van der Waals surface area contributed by atoms with E-state index in [0.717, 1.165) is 16.8 Å². The first-order valence-corrected chi connectivity index (χ1v) is 12.0. The Morgan fingerprint density at radius 3 is 2.57 bits per heavy atom. The molecule has 1 aromatic heterocycles. The molecule has 3 heterocycles. The molecule has 188 valence electrons. The Kier molecular flexibility index (Phi) is 8.73. The summed E-state index contributed by atoms with van der Waals surface area (Å²) in [5, 5.41) is 16.8. The van der Waals surface area contributed by atoms with Gasteiger partial charge in [0.25, 0.3) is 5.91 Å². The minimum Gasteiger partial charge on any atom is -0.481 e. The Balaban J connectivity index is 1.76. The van der Waals surface area contributed by atoms with Crippen LogP contribution in [-0.4, -0.2) is 90.9 Å². The zero-order valence-electron chi connectivity index (χ0n) is 19.0. The molecule has 0 radical (unpaired) electrons. The predicted octanol–water partition coefficient (Wildman–Crippen LogP) is -0.870. The Morgan fingerprint density at radius 1 is 1.20 bits per heavy atom. The molecule has 3 rings (SSSR count). The number of rotatable bonds is 9. The summed E-state index contributed by atoms with van der Waals surface area (Å²) in [5.41, 5.74) is 0. The van der Waals surface area contributed by atoms with Crippen LogP contribution >= 0.6 is 11.8 Å². The van der Waals surface area contributed by atoms with E-state index >= 15 is 0 Å². The summed E-state index contributed by atoms with van der Waals surface area (Å²) in [4.78, 5) is 82.7. The summed E-state index contributed by atoms with van der Waals surface area (Å²) in [5.74, 6) is -4.19. The molecule has 14 heteroatoms. The highest BCUT2D eigenvalue weighted by atomic mass is 32.2. The number of nitrogens with zero attached hydrogens (tertiary/aromatic N) is 4. The van der Waals surface area contributed by atoms with Gasteiger partial charge in [0.15, 0.2) is 10.9 Å². The Bertz CT molecular complexity index is 1010. The lowest BCUT2D eigenvalue weighted by atomic mass is 10.0. The Morgan fingerprint density at radius 2 is 1.91 bits per heavy atom. The lowest BCUT2D eigenvalue weighted by Crippen LogP contribution is -2.64. The van der Waals surface area contributed by atoms with E-state index in [1.165, 1.54) is 24.3 Å². The molecule has 2 aliphatic rings. The number of ketones is 1. The highest BCUT2D eigenvalue weighted by Gasteiger charge is 2.45. The van der Waals surface area contributed by atoms with Crippen LogP contribution in [-0.2, 0) is 28.8 Å². The number of carbonyl (C=O) groups is 6. The van der Waals surface area contributed by atoms with E-state index in [1.807, 2.05) is 0 Å². The summed E-state index contributed by atoms with van der Waals surface area (Å²) >= 11 is 1.00. The Hall–Kier alpha value is -3.55. The highest BCUT2D eigenvalue weighted by molar-refractivity contribution is 7.99. The summed E-state index contributed by atoms with van der Waals surface area (Å²) in [7, 11) is 0. The number of carbonyl (C=O) groups excluding carboxylic acids is 5. The van der Waals surface area contributed by atoms with E-state index in [0.29, 0.717) is 11.6 Å². The SMILES string of the molecule is CC(=O)N[C@H]1CCC(=O)N2CCC[C@@H](C(=O)N[C@@H](CC(=O)O)C(=O)CSc3ncccn3)N2C1=O. The maximum Gasteiger partial charge on any atom is 0.305 e. The van der Waals surface area contributed by atoms with Crippen molar-refractivity contribution in [2.45, 2.75) is 62.3 Å². The van der Waals surface area contributed by atoms with Gasteiger partial charge in [-0.1, -0.05) is 11.8 Å². The quantitative estimate of drug-likeness (QED) is 0.281. The second-order valence-electron chi connectivity index (χ2n) is 8.09. The monoisotopic (exact) mass is 506 g/mol. The van der Waals surface area contributed by atoms with Gasteiger partial charge >= 0.3 is 5.97 Å². The van der Waals surface area contributed by atoms with Crippen LogP contribution in [0.4, 0.5) is 0 Å². The van der Waals surface area contributed by atoms with Gasteiger partial charge in [-0.3, -0.25) is 33.8 Å². The van der Waals surface area contributed by atoms with Crippen LogP contribution in [0.15, 0.2) is 23.6 Å². The van der Waals surface area contributed by atoms with Crippen LogP contribution in [0, 0.1) is 0 Å². The third-order valence-corrected chi connectivity index (χ3v) is 6.41. The van der Waals surface area contributed by atoms with Crippen LogP contribution in [0.25, 0.3) is 0 Å². The van der Waals surface area contributed by atoms with Crippen molar-refractivity contribution in [3.63, 3.8) is 0 Å². The summed E-state index contributed by atoms with van der Waals surface area (Å²) in [6.07, 6.45) is 3.08. The molecule has 1 aromatic rings. The van der Waals surface area contributed by atoms with E-state index in [-0.39, 0.29) is 37.5 Å². The second-order valence-corrected chi connectivity index (χ2v) is 9.04. The van der Waals surface area contributed by atoms with Gasteiger partial charge in [0.1, 0.15) is 12.1 Å². The molecule has 0 bridgehead atoms. The van der Waals surface area contributed by atoms with E-state index in [9.17, 15) is 33.9 Å². The second kappa shape index (κ2) is 11.7. The zero-order chi connectivity index (χ0) is 25.5. The first-order valence-electron chi connectivity index (χ1n) is 11.0. The van der Waals surface area contributed by atoms with Gasteiger partial charge in [0.2, 0.25) is 17.7 Å². The maximum atomic E-state index is 13.2. The molecule has 2 saturated heterocycles. The largest absolute Gasteiger partial charge is 0.481 e. The number of Topliss-reactive ketones (excluding diaryl/α,β-unsaturated/α-hetero) is 1. The number of aromatic nitrogens is 2. The van der Waals surface area contributed by atoms with E-state index in [4.69, 9.17) is 0 Å². The molecular weight excluding hydrogens is 480 g/mol. The van der Waals surface area contributed by atoms with Crippen molar-refractivity contribution >= 4 is 47.1 Å². The normalized spacial score (nSPS) is 20.9. The average Bonchev–Trinajstić information content (AvgIpc) is 2.94. The standard InChI is InChI=1S/C21H26N6O7S/c1-12(28)24-13-5-6-17(30)26-9-2-4-15(27(26)20(13)34)19(33)25-14(10-18(31)32)16(29)11-35-21-22-7-3-8-23-21/h3,7-8,13-15H,2,4-6,9-11H2,1H3,(H,24,28)(H,25,33)(H,31,32)/t13-,14-,15-/m0/s1. The lowest BCUT2D eigenvalue weighted by Gasteiger charge is -2.43. The van der Waals surface area contributed by atoms with Crippen molar-refractivity contribution in [1.82, 2.24) is 30.6 Å². The number of hydrogen-bond donors (Lipinski definition) is 3. The third-order valence-electron chi connectivity index (χ3n) is 5.51. The molecular formula is C21H26N6O7S. The van der Waals surface area contributed by atoms with Crippen molar-refractivity contribution in [1.29, 1.82) is 0 Å². The summed E-state index contributed by atoms with van der Waals surface area (Å²) < 4.78 is 0. The van der Waals surface area contributed by atoms with Gasteiger partial charge in [-0.15, -0.1) is 0 Å². The minimum absolute atomic E-state index is 0.0143. The van der Waals surface area contributed by atoms with Gasteiger partial charge in [-0.05, 0) is 25.3 Å². The van der Waals surface area contributed by atoms with Crippen LogP contribution in [0.1, 0.15) is 39.0 Å². The molecule has 0 aliphatic carbocycles. The number of carboxylic acids is 1.